The highest BCUT2D eigenvalue weighted by Gasteiger charge is 2.02. The first-order valence-electron chi connectivity index (χ1n) is 5.76. The summed E-state index contributed by atoms with van der Waals surface area (Å²) in [5.41, 5.74) is 1.94. The van der Waals surface area contributed by atoms with E-state index in [1.807, 2.05) is 6.92 Å². The summed E-state index contributed by atoms with van der Waals surface area (Å²) in [7, 11) is 0. The van der Waals surface area contributed by atoms with Crippen LogP contribution in [0.15, 0.2) is 30.3 Å². The van der Waals surface area contributed by atoms with Crippen LogP contribution in [0, 0.1) is 12.7 Å². The van der Waals surface area contributed by atoms with Gasteiger partial charge in [-0.2, -0.15) is 0 Å². The van der Waals surface area contributed by atoms with Crippen molar-refractivity contribution in [2.24, 2.45) is 0 Å². The van der Waals surface area contributed by atoms with Crippen LogP contribution in [0.1, 0.15) is 22.2 Å². The molecule has 2 aromatic rings. The van der Waals surface area contributed by atoms with Crippen LogP contribution < -0.4 is 5.32 Å². The van der Waals surface area contributed by atoms with Crippen molar-refractivity contribution >= 4 is 17.0 Å². The third kappa shape index (κ3) is 3.07. The van der Waals surface area contributed by atoms with Crippen molar-refractivity contribution in [3.63, 3.8) is 0 Å². The fraction of sp³-hybridized carbons (Fsp3) is 0.286. The van der Waals surface area contributed by atoms with Gasteiger partial charge >= 0.3 is 0 Å². The zero-order valence-corrected chi connectivity index (χ0v) is 10.9. The standard InChI is InChI=1S/C14H16FNS/c1-3-12-6-7-13(17-12)9-16-14-8-11(15)5-4-10(14)2/h4-8,16H,3,9H2,1-2H3. The molecule has 1 aromatic heterocycles. The molecule has 0 aliphatic heterocycles. The van der Waals surface area contributed by atoms with Crippen LogP contribution in [0.3, 0.4) is 0 Å². The molecule has 1 nitrogen and oxygen atoms in total. The first-order chi connectivity index (χ1) is 8.19. The Labute approximate surface area is 105 Å². The van der Waals surface area contributed by atoms with Crippen molar-refractivity contribution in [1.29, 1.82) is 0 Å². The lowest BCUT2D eigenvalue weighted by Crippen LogP contribution is -1.99. The summed E-state index contributed by atoms with van der Waals surface area (Å²) in [6, 6.07) is 9.11. The van der Waals surface area contributed by atoms with Crippen LogP contribution in [0.5, 0.6) is 0 Å². The first kappa shape index (κ1) is 12.1. The second-order valence-electron chi connectivity index (χ2n) is 4.03. The predicted molar refractivity (Wildman–Crippen MR) is 72.2 cm³/mol. The average Bonchev–Trinajstić information content (AvgIpc) is 2.78. The van der Waals surface area contributed by atoms with Crippen molar-refractivity contribution in [2.45, 2.75) is 26.8 Å². The quantitative estimate of drug-likeness (QED) is 0.848. The summed E-state index contributed by atoms with van der Waals surface area (Å²) in [4.78, 5) is 2.67. The van der Waals surface area contributed by atoms with Crippen LogP contribution in [-0.2, 0) is 13.0 Å². The Morgan fingerprint density at radius 2 is 1.94 bits per heavy atom. The Bertz CT molecular complexity index is 505. The van der Waals surface area contributed by atoms with Gasteiger partial charge in [-0.1, -0.05) is 13.0 Å². The third-order valence-corrected chi connectivity index (χ3v) is 3.95. The van der Waals surface area contributed by atoms with Gasteiger partial charge in [0.2, 0.25) is 0 Å². The van der Waals surface area contributed by atoms with Crippen molar-refractivity contribution in [3.8, 4) is 0 Å². The highest BCUT2D eigenvalue weighted by molar-refractivity contribution is 7.12. The lowest BCUT2D eigenvalue weighted by Gasteiger charge is -2.08. The van der Waals surface area contributed by atoms with Crippen molar-refractivity contribution in [3.05, 3.63) is 51.5 Å². The number of anilines is 1. The molecule has 2 rings (SSSR count). The number of thiophene rings is 1. The topological polar surface area (TPSA) is 12.0 Å². The number of hydrogen-bond acceptors (Lipinski definition) is 2. The molecule has 0 atom stereocenters. The number of hydrogen-bond donors (Lipinski definition) is 1. The van der Waals surface area contributed by atoms with Crippen LogP contribution in [0.25, 0.3) is 0 Å². The van der Waals surface area contributed by atoms with E-state index in [4.69, 9.17) is 0 Å². The molecular weight excluding hydrogens is 233 g/mol. The maximum atomic E-state index is 13.1. The molecule has 1 N–H and O–H groups in total. The zero-order chi connectivity index (χ0) is 12.3. The summed E-state index contributed by atoms with van der Waals surface area (Å²) in [5.74, 6) is -0.196. The number of halogens is 1. The zero-order valence-electron chi connectivity index (χ0n) is 10.1. The van der Waals surface area contributed by atoms with Gasteiger partial charge in [-0.3, -0.25) is 0 Å². The normalized spacial score (nSPS) is 10.5. The molecule has 0 spiro atoms. The van der Waals surface area contributed by atoms with E-state index in [1.165, 1.54) is 15.8 Å². The van der Waals surface area contributed by atoms with Crippen LogP contribution in [0.4, 0.5) is 10.1 Å². The van der Waals surface area contributed by atoms with Crippen molar-refractivity contribution in [2.75, 3.05) is 5.32 Å². The molecule has 0 fully saturated rings. The van der Waals surface area contributed by atoms with E-state index in [2.05, 4.69) is 24.4 Å². The minimum absolute atomic E-state index is 0.196. The van der Waals surface area contributed by atoms with E-state index in [9.17, 15) is 4.39 Å². The maximum absolute atomic E-state index is 13.1. The molecule has 17 heavy (non-hydrogen) atoms. The number of nitrogens with one attached hydrogen (secondary N) is 1. The van der Waals surface area contributed by atoms with E-state index in [0.29, 0.717) is 0 Å². The molecule has 90 valence electrons. The minimum atomic E-state index is -0.196. The van der Waals surface area contributed by atoms with Gasteiger partial charge in [0.25, 0.3) is 0 Å². The van der Waals surface area contributed by atoms with Gasteiger partial charge in [0.15, 0.2) is 0 Å². The van der Waals surface area contributed by atoms with Gasteiger partial charge < -0.3 is 5.32 Å². The van der Waals surface area contributed by atoms with Gasteiger partial charge in [-0.25, -0.2) is 4.39 Å². The molecule has 1 aromatic carbocycles. The molecular formula is C14H16FNS. The SMILES string of the molecule is CCc1ccc(CNc2cc(F)ccc2C)s1. The molecule has 0 radical (unpaired) electrons. The second-order valence-corrected chi connectivity index (χ2v) is 5.29. The van der Waals surface area contributed by atoms with Gasteiger partial charge in [0, 0.05) is 22.0 Å². The van der Waals surface area contributed by atoms with E-state index in [-0.39, 0.29) is 5.82 Å². The Kier molecular flexibility index (Phi) is 3.79. The lowest BCUT2D eigenvalue weighted by atomic mass is 10.2. The molecule has 0 aliphatic rings. The molecule has 1 heterocycles. The monoisotopic (exact) mass is 249 g/mol. The largest absolute Gasteiger partial charge is 0.380 e. The van der Waals surface area contributed by atoms with Gasteiger partial charge in [-0.15, -0.1) is 11.3 Å². The van der Waals surface area contributed by atoms with E-state index in [1.54, 1.807) is 23.5 Å². The third-order valence-electron chi connectivity index (χ3n) is 2.72. The second kappa shape index (κ2) is 5.32. The Morgan fingerprint density at radius 1 is 1.18 bits per heavy atom. The first-order valence-corrected chi connectivity index (χ1v) is 6.58. The van der Waals surface area contributed by atoms with Gasteiger partial charge in [0.1, 0.15) is 5.82 Å². The summed E-state index contributed by atoms with van der Waals surface area (Å²) in [6.07, 6.45) is 1.07. The van der Waals surface area contributed by atoms with Crippen LogP contribution in [-0.4, -0.2) is 0 Å². The number of rotatable bonds is 4. The number of aryl methyl sites for hydroxylation is 2. The lowest BCUT2D eigenvalue weighted by molar-refractivity contribution is 0.628. The Hall–Kier alpha value is -1.35. The molecule has 0 saturated carbocycles. The Balaban J connectivity index is 2.04. The summed E-state index contributed by atoms with van der Waals surface area (Å²) >= 11 is 1.81. The van der Waals surface area contributed by atoms with Crippen LogP contribution >= 0.6 is 11.3 Å². The fourth-order valence-corrected chi connectivity index (χ4v) is 2.57. The average molecular weight is 249 g/mol. The number of benzene rings is 1. The molecule has 3 heteroatoms. The molecule has 0 aliphatic carbocycles. The molecule has 0 amide bonds. The van der Waals surface area contributed by atoms with Crippen LogP contribution in [0.2, 0.25) is 0 Å². The Morgan fingerprint density at radius 3 is 2.65 bits per heavy atom. The molecule has 0 saturated heterocycles. The smallest absolute Gasteiger partial charge is 0.125 e. The minimum Gasteiger partial charge on any atom is -0.380 e. The highest BCUT2D eigenvalue weighted by atomic mass is 32.1. The predicted octanol–water partition coefficient (Wildman–Crippen LogP) is 4.37. The fourth-order valence-electron chi connectivity index (χ4n) is 1.67. The molecule has 0 unspecified atom stereocenters. The maximum Gasteiger partial charge on any atom is 0.125 e. The van der Waals surface area contributed by atoms with Gasteiger partial charge in [-0.05, 0) is 43.2 Å². The highest BCUT2D eigenvalue weighted by Crippen LogP contribution is 2.20. The van der Waals surface area contributed by atoms with Crippen molar-refractivity contribution in [1.82, 2.24) is 0 Å². The van der Waals surface area contributed by atoms with E-state index >= 15 is 0 Å². The van der Waals surface area contributed by atoms with Gasteiger partial charge in [0.05, 0.1) is 0 Å². The van der Waals surface area contributed by atoms with E-state index in [0.717, 1.165) is 24.2 Å². The molecule has 0 bridgehead atoms. The van der Waals surface area contributed by atoms with Crippen molar-refractivity contribution < 1.29 is 4.39 Å². The summed E-state index contributed by atoms with van der Waals surface area (Å²) in [6.45, 7) is 4.89. The summed E-state index contributed by atoms with van der Waals surface area (Å²) in [5, 5.41) is 3.28. The van der Waals surface area contributed by atoms with E-state index < -0.39 is 0 Å². The summed E-state index contributed by atoms with van der Waals surface area (Å²) < 4.78 is 13.1.